The number of sulfonamides is 1. The van der Waals surface area contributed by atoms with Crippen molar-refractivity contribution in [1.82, 2.24) is 4.90 Å². The average Bonchev–Trinajstić information content (AvgIpc) is 3.40. The lowest BCUT2D eigenvalue weighted by Crippen LogP contribution is -2.40. The van der Waals surface area contributed by atoms with Gasteiger partial charge in [0.15, 0.2) is 11.6 Å². The van der Waals surface area contributed by atoms with Crippen LogP contribution in [0, 0.1) is 5.92 Å². The quantitative estimate of drug-likeness (QED) is 0.686. The smallest absolute Gasteiger partial charge is 0.260 e. The van der Waals surface area contributed by atoms with E-state index in [1.165, 1.54) is 23.7 Å². The molecule has 1 aliphatic carbocycles. The number of fused-ring (bicyclic) bond motifs is 2. The van der Waals surface area contributed by atoms with Crippen molar-refractivity contribution >= 4 is 43.9 Å². The number of amides is 1. The molecule has 0 saturated carbocycles. The summed E-state index contributed by atoms with van der Waals surface area (Å²) in [6.07, 6.45) is 8.93. The second-order valence-corrected chi connectivity index (χ2v) is 11.0. The first-order chi connectivity index (χ1) is 15.3. The number of ketones is 1. The number of nitrogens with zero attached hydrogens (tertiary/aromatic N) is 2. The van der Waals surface area contributed by atoms with Crippen LogP contribution < -0.4 is 5.32 Å². The van der Waals surface area contributed by atoms with Gasteiger partial charge in [0.05, 0.1) is 23.2 Å². The minimum atomic E-state index is -3.62. The van der Waals surface area contributed by atoms with Crippen LogP contribution in [-0.4, -0.2) is 43.1 Å². The monoisotopic (exact) mass is 471 g/mol. The Kier molecular flexibility index (Phi) is 5.13. The number of anilines is 1. The van der Waals surface area contributed by atoms with Gasteiger partial charge in [0, 0.05) is 17.6 Å². The topological polar surface area (TPSA) is 109 Å². The Labute approximate surface area is 189 Å². The highest BCUT2D eigenvalue weighted by molar-refractivity contribution is 7.90. The van der Waals surface area contributed by atoms with Gasteiger partial charge >= 0.3 is 0 Å². The van der Waals surface area contributed by atoms with Crippen molar-refractivity contribution < 1.29 is 22.4 Å². The van der Waals surface area contributed by atoms with Crippen molar-refractivity contribution in [1.29, 1.82) is 0 Å². The molecule has 2 aromatic heterocycles. The van der Waals surface area contributed by atoms with Gasteiger partial charge in [-0.1, -0.05) is 6.92 Å². The fourth-order valence-corrected chi connectivity index (χ4v) is 6.56. The van der Waals surface area contributed by atoms with E-state index < -0.39 is 15.9 Å². The maximum absolute atomic E-state index is 13.2. The Bertz CT molecular complexity index is 1300. The number of hydrogen-bond donors (Lipinski definition) is 1. The zero-order valence-corrected chi connectivity index (χ0v) is 19.0. The second kappa shape index (κ2) is 7.86. The summed E-state index contributed by atoms with van der Waals surface area (Å²) in [4.78, 5) is 29.2. The van der Waals surface area contributed by atoms with E-state index >= 15 is 0 Å². The van der Waals surface area contributed by atoms with Gasteiger partial charge in [-0.15, -0.1) is 15.7 Å². The molecule has 0 aromatic carbocycles. The van der Waals surface area contributed by atoms with E-state index in [0.717, 1.165) is 29.7 Å². The number of rotatable bonds is 4. The molecule has 10 heteroatoms. The Morgan fingerprint density at radius 3 is 2.97 bits per heavy atom. The average molecular weight is 472 g/mol. The lowest BCUT2D eigenvalue weighted by atomic mass is 9.87. The van der Waals surface area contributed by atoms with Gasteiger partial charge in [0.1, 0.15) is 5.00 Å². The molecule has 1 N–H and O–H groups in total. The van der Waals surface area contributed by atoms with E-state index in [0.29, 0.717) is 16.5 Å². The predicted octanol–water partition coefficient (Wildman–Crippen LogP) is 3.13. The number of allylic oxidation sites excluding steroid dienone is 2. The Hall–Kier alpha value is -2.98. The molecule has 166 valence electrons. The molecule has 5 rings (SSSR count). The van der Waals surface area contributed by atoms with Crippen LogP contribution in [0.25, 0.3) is 0 Å². The zero-order chi connectivity index (χ0) is 22.5. The van der Waals surface area contributed by atoms with E-state index in [4.69, 9.17) is 4.42 Å². The lowest BCUT2D eigenvalue weighted by molar-refractivity contribution is -0.112. The molecule has 1 amide bonds. The lowest BCUT2D eigenvalue weighted by Gasteiger charge is -2.28. The molecule has 32 heavy (non-hydrogen) atoms. The van der Waals surface area contributed by atoms with E-state index in [9.17, 15) is 18.0 Å². The summed E-state index contributed by atoms with van der Waals surface area (Å²) in [7, 11) is -3.62. The Morgan fingerprint density at radius 1 is 1.34 bits per heavy atom. The molecule has 0 radical (unpaired) electrons. The van der Waals surface area contributed by atoms with E-state index in [-0.39, 0.29) is 35.2 Å². The normalized spacial score (nSPS) is 21.3. The molecule has 1 atom stereocenters. The van der Waals surface area contributed by atoms with Crippen LogP contribution in [0.2, 0.25) is 0 Å². The molecule has 1 unspecified atom stereocenters. The van der Waals surface area contributed by atoms with Crippen LogP contribution in [-0.2, 0) is 27.7 Å². The largest absolute Gasteiger partial charge is 0.461 e. The summed E-state index contributed by atoms with van der Waals surface area (Å²) >= 11 is 1.40. The SMILES string of the molecule is CC1CCc2c(sc(NC(=O)C3=CC=CN4CCS(=O)(=O)N=C34)c2C(=O)c2ccco2)C1. The molecule has 8 nitrogen and oxygen atoms in total. The number of hydrogen-bond acceptors (Lipinski definition) is 7. The van der Waals surface area contributed by atoms with Crippen LogP contribution in [0.4, 0.5) is 5.00 Å². The predicted molar refractivity (Wildman–Crippen MR) is 121 cm³/mol. The van der Waals surface area contributed by atoms with E-state index in [1.54, 1.807) is 29.3 Å². The van der Waals surface area contributed by atoms with Gasteiger partial charge in [-0.3, -0.25) is 9.59 Å². The minimum absolute atomic E-state index is 0.102. The molecular weight excluding hydrogens is 450 g/mol. The van der Waals surface area contributed by atoms with Crippen molar-refractivity contribution in [3.63, 3.8) is 0 Å². The third-order valence-corrected chi connectivity index (χ3v) is 8.13. The van der Waals surface area contributed by atoms with Gasteiger partial charge in [-0.05, 0) is 55.0 Å². The number of carbonyl (C=O) groups is 2. The highest BCUT2D eigenvalue weighted by atomic mass is 32.2. The second-order valence-electron chi connectivity index (χ2n) is 8.13. The number of nitrogens with one attached hydrogen (secondary N) is 1. The first-order valence-corrected chi connectivity index (χ1v) is 12.8. The van der Waals surface area contributed by atoms with Gasteiger partial charge in [-0.25, -0.2) is 8.42 Å². The van der Waals surface area contributed by atoms with Gasteiger partial charge < -0.3 is 14.6 Å². The van der Waals surface area contributed by atoms with Crippen LogP contribution in [0.15, 0.2) is 51.1 Å². The Balaban J connectivity index is 1.52. The van der Waals surface area contributed by atoms with Gasteiger partial charge in [0.2, 0.25) is 5.78 Å². The fraction of sp³-hybridized carbons (Fsp3) is 0.318. The summed E-state index contributed by atoms with van der Waals surface area (Å²) in [6.45, 7) is 2.40. The first kappa shape index (κ1) is 20.9. The summed E-state index contributed by atoms with van der Waals surface area (Å²) < 4.78 is 33.2. The van der Waals surface area contributed by atoms with Crippen molar-refractivity contribution in [2.75, 3.05) is 17.6 Å². The molecule has 0 fully saturated rings. The summed E-state index contributed by atoms with van der Waals surface area (Å²) in [5.74, 6) is -0.0614. The molecule has 4 heterocycles. The number of carbonyl (C=O) groups excluding carboxylic acids is 2. The number of thiophene rings is 1. The first-order valence-electron chi connectivity index (χ1n) is 10.3. The van der Waals surface area contributed by atoms with Gasteiger partial charge in [0.25, 0.3) is 15.9 Å². The van der Waals surface area contributed by atoms with Crippen LogP contribution in [0.3, 0.4) is 0 Å². The fourth-order valence-electron chi connectivity index (χ4n) is 4.17. The summed E-state index contributed by atoms with van der Waals surface area (Å²) in [5, 5.41) is 3.32. The standard InChI is InChI=1S/C22H21N3O5S2/c1-13-6-7-14-17(12-13)31-22(18(14)19(26)16-5-3-10-30-16)23-21(27)15-4-2-8-25-9-11-32(28,29)24-20(15)25/h2-5,8,10,13H,6-7,9,11-12H2,1H3,(H,23,27). The van der Waals surface area contributed by atoms with Crippen LogP contribution in [0.5, 0.6) is 0 Å². The third kappa shape index (κ3) is 3.73. The molecule has 0 saturated heterocycles. The number of amidine groups is 1. The molecular formula is C22H21N3O5S2. The van der Waals surface area contributed by atoms with Crippen LogP contribution >= 0.6 is 11.3 Å². The molecule has 3 aliphatic rings. The number of furan rings is 1. The molecule has 2 aromatic rings. The minimum Gasteiger partial charge on any atom is -0.461 e. The maximum Gasteiger partial charge on any atom is 0.260 e. The molecule has 0 bridgehead atoms. The highest BCUT2D eigenvalue weighted by Gasteiger charge is 2.33. The van der Waals surface area contributed by atoms with Gasteiger partial charge in [-0.2, -0.15) is 0 Å². The molecule has 0 spiro atoms. The van der Waals surface area contributed by atoms with Crippen LogP contribution in [0.1, 0.15) is 39.9 Å². The van der Waals surface area contributed by atoms with Crippen molar-refractivity contribution in [2.24, 2.45) is 10.3 Å². The van der Waals surface area contributed by atoms with Crippen molar-refractivity contribution in [3.8, 4) is 0 Å². The Morgan fingerprint density at radius 2 is 2.19 bits per heavy atom. The summed E-state index contributed by atoms with van der Waals surface area (Å²) in [6, 6.07) is 3.26. The van der Waals surface area contributed by atoms with E-state index in [1.807, 2.05) is 0 Å². The molecule has 2 aliphatic heterocycles. The maximum atomic E-state index is 13.2. The summed E-state index contributed by atoms with van der Waals surface area (Å²) in [5.41, 5.74) is 1.57. The highest BCUT2D eigenvalue weighted by Crippen LogP contribution is 2.41. The van der Waals surface area contributed by atoms with Crippen molar-refractivity contribution in [3.05, 3.63) is 64.1 Å². The third-order valence-electron chi connectivity index (χ3n) is 5.81. The zero-order valence-electron chi connectivity index (χ0n) is 17.3. The van der Waals surface area contributed by atoms with E-state index in [2.05, 4.69) is 16.6 Å². The van der Waals surface area contributed by atoms with Crippen molar-refractivity contribution in [2.45, 2.75) is 26.2 Å².